The van der Waals surface area contributed by atoms with Gasteiger partial charge in [-0.2, -0.15) is 0 Å². The van der Waals surface area contributed by atoms with Crippen LogP contribution in [0.1, 0.15) is 24.8 Å². The minimum atomic E-state index is -0.368. The van der Waals surface area contributed by atoms with Gasteiger partial charge >= 0.3 is 0 Å². The lowest BCUT2D eigenvalue weighted by molar-refractivity contribution is 0.612. The number of benzene rings is 1. The van der Waals surface area contributed by atoms with E-state index in [4.69, 9.17) is 23.2 Å². The zero-order chi connectivity index (χ0) is 11.8. The van der Waals surface area contributed by atoms with E-state index < -0.39 is 0 Å². The van der Waals surface area contributed by atoms with Crippen molar-refractivity contribution < 1.29 is 4.39 Å². The van der Waals surface area contributed by atoms with E-state index in [1.165, 1.54) is 6.07 Å². The smallest absolute Gasteiger partial charge is 0.141 e. The van der Waals surface area contributed by atoms with Crippen molar-refractivity contribution in [3.05, 3.63) is 34.6 Å². The highest BCUT2D eigenvalue weighted by Gasteiger charge is 2.00. The third-order valence-corrected chi connectivity index (χ3v) is 2.86. The number of unbranched alkanes of at least 4 members (excludes halogenated alkanes) is 2. The molecule has 0 amide bonds. The molecule has 0 fully saturated rings. The first kappa shape index (κ1) is 13.8. The van der Waals surface area contributed by atoms with Crippen molar-refractivity contribution in [3.63, 3.8) is 0 Å². The van der Waals surface area contributed by atoms with Crippen molar-refractivity contribution in [2.75, 3.05) is 12.4 Å². The van der Waals surface area contributed by atoms with Crippen molar-refractivity contribution in [2.24, 2.45) is 0 Å². The number of hydrogen-bond donors (Lipinski definition) is 1. The molecule has 1 rings (SSSR count). The molecule has 0 aromatic heterocycles. The van der Waals surface area contributed by atoms with E-state index in [9.17, 15) is 4.39 Å². The average molecular weight is 264 g/mol. The van der Waals surface area contributed by atoms with Crippen LogP contribution in [-0.2, 0) is 6.54 Å². The number of rotatable bonds is 7. The molecule has 0 saturated heterocycles. The van der Waals surface area contributed by atoms with E-state index >= 15 is 0 Å². The predicted octanol–water partition coefficient (Wildman–Crippen LogP) is 3.98. The van der Waals surface area contributed by atoms with Crippen molar-refractivity contribution in [1.29, 1.82) is 0 Å². The fraction of sp³-hybridized carbons (Fsp3) is 0.500. The van der Waals surface area contributed by atoms with Crippen LogP contribution >= 0.6 is 23.2 Å². The Morgan fingerprint density at radius 3 is 2.69 bits per heavy atom. The van der Waals surface area contributed by atoms with Gasteiger partial charge in [0.05, 0.1) is 5.02 Å². The van der Waals surface area contributed by atoms with Gasteiger partial charge in [-0.3, -0.25) is 0 Å². The first-order chi connectivity index (χ1) is 7.74. The molecule has 16 heavy (non-hydrogen) atoms. The SMILES string of the molecule is Fc1ccc(CNCCCCCCl)cc1Cl. The quantitative estimate of drug-likeness (QED) is 0.580. The molecule has 0 saturated carbocycles. The van der Waals surface area contributed by atoms with E-state index in [1.807, 2.05) is 0 Å². The van der Waals surface area contributed by atoms with Gasteiger partial charge in [-0.25, -0.2) is 4.39 Å². The lowest BCUT2D eigenvalue weighted by Crippen LogP contribution is -2.14. The summed E-state index contributed by atoms with van der Waals surface area (Å²) in [6, 6.07) is 4.79. The molecule has 0 aliphatic heterocycles. The Morgan fingerprint density at radius 1 is 1.19 bits per heavy atom. The monoisotopic (exact) mass is 263 g/mol. The molecule has 4 heteroatoms. The van der Waals surface area contributed by atoms with Crippen LogP contribution in [-0.4, -0.2) is 12.4 Å². The standard InChI is InChI=1S/C12H16Cl2FN/c13-6-2-1-3-7-16-9-10-4-5-12(15)11(14)8-10/h4-5,8,16H,1-3,6-7,9H2. The van der Waals surface area contributed by atoms with Crippen LogP contribution < -0.4 is 5.32 Å². The van der Waals surface area contributed by atoms with Crippen LogP contribution in [0.5, 0.6) is 0 Å². The van der Waals surface area contributed by atoms with Crippen LogP contribution in [0.25, 0.3) is 0 Å². The molecule has 0 atom stereocenters. The summed E-state index contributed by atoms with van der Waals surface area (Å²) in [6.45, 7) is 1.67. The zero-order valence-electron chi connectivity index (χ0n) is 9.11. The molecule has 0 heterocycles. The second kappa shape index (κ2) is 7.88. The third kappa shape index (κ3) is 5.15. The molecule has 1 aromatic rings. The maximum Gasteiger partial charge on any atom is 0.141 e. The fourth-order valence-electron chi connectivity index (χ4n) is 1.40. The van der Waals surface area contributed by atoms with Gasteiger partial charge in [-0.15, -0.1) is 11.6 Å². The van der Waals surface area contributed by atoms with Gasteiger partial charge in [-0.1, -0.05) is 24.1 Å². The molecule has 0 radical (unpaired) electrons. The van der Waals surface area contributed by atoms with Crippen LogP contribution in [0, 0.1) is 5.82 Å². The zero-order valence-corrected chi connectivity index (χ0v) is 10.6. The van der Waals surface area contributed by atoms with Crippen LogP contribution in [0.15, 0.2) is 18.2 Å². The van der Waals surface area contributed by atoms with E-state index in [1.54, 1.807) is 12.1 Å². The first-order valence-electron chi connectivity index (χ1n) is 5.44. The van der Waals surface area contributed by atoms with Crippen LogP contribution in [0.2, 0.25) is 5.02 Å². The largest absolute Gasteiger partial charge is 0.313 e. The highest BCUT2D eigenvalue weighted by molar-refractivity contribution is 6.30. The van der Waals surface area contributed by atoms with Gasteiger partial charge in [0.15, 0.2) is 0 Å². The normalized spacial score (nSPS) is 10.7. The van der Waals surface area contributed by atoms with E-state index in [-0.39, 0.29) is 10.8 Å². The summed E-state index contributed by atoms with van der Waals surface area (Å²) in [6.07, 6.45) is 3.31. The summed E-state index contributed by atoms with van der Waals surface area (Å²) in [5.74, 6) is 0.362. The minimum absolute atomic E-state index is 0.182. The van der Waals surface area contributed by atoms with Gasteiger partial charge in [0.1, 0.15) is 5.82 Å². The Balaban J connectivity index is 2.19. The number of alkyl halides is 1. The van der Waals surface area contributed by atoms with Gasteiger partial charge in [0, 0.05) is 12.4 Å². The third-order valence-electron chi connectivity index (χ3n) is 2.30. The number of nitrogens with one attached hydrogen (secondary N) is 1. The predicted molar refractivity (Wildman–Crippen MR) is 67.7 cm³/mol. The number of halogens is 3. The highest BCUT2D eigenvalue weighted by Crippen LogP contribution is 2.15. The van der Waals surface area contributed by atoms with Gasteiger partial charge in [0.2, 0.25) is 0 Å². The molecule has 1 nitrogen and oxygen atoms in total. The van der Waals surface area contributed by atoms with E-state index in [2.05, 4.69) is 5.32 Å². The Kier molecular flexibility index (Phi) is 6.78. The molecule has 0 aliphatic carbocycles. The lowest BCUT2D eigenvalue weighted by atomic mass is 10.2. The Hall–Kier alpha value is -0.310. The molecule has 0 aliphatic rings. The fourth-order valence-corrected chi connectivity index (χ4v) is 1.80. The molecule has 0 bridgehead atoms. The molecule has 1 aromatic carbocycles. The average Bonchev–Trinajstić information content (AvgIpc) is 2.28. The summed E-state index contributed by atoms with van der Waals surface area (Å²) in [5, 5.41) is 3.46. The highest BCUT2D eigenvalue weighted by atomic mass is 35.5. The molecular formula is C12H16Cl2FN. The molecule has 0 spiro atoms. The van der Waals surface area contributed by atoms with Crippen LogP contribution in [0.3, 0.4) is 0 Å². The topological polar surface area (TPSA) is 12.0 Å². The summed E-state index contributed by atoms with van der Waals surface area (Å²) in [4.78, 5) is 0. The van der Waals surface area contributed by atoms with Crippen molar-refractivity contribution in [2.45, 2.75) is 25.8 Å². The van der Waals surface area contributed by atoms with E-state index in [0.29, 0.717) is 0 Å². The first-order valence-corrected chi connectivity index (χ1v) is 6.36. The molecule has 90 valence electrons. The van der Waals surface area contributed by atoms with E-state index in [0.717, 1.165) is 43.8 Å². The summed E-state index contributed by atoms with van der Waals surface area (Å²) >= 11 is 11.2. The van der Waals surface area contributed by atoms with Crippen LogP contribution in [0.4, 0.5) is 4.39 Å². The minimum Gasteiger partial charge on any atom is -0.313 e. The molecular weight excluding hydrogens is 248 g/mol. The summed E-state index contributed by atoms with van der Waals surface area (Å²) < 4.78 is 12.9. The number of hydrogen-bond acceptors (Lipinski definition) is 1. The van der Waals surface area contributed by atoms with Gasteiger partial charge < -0.3 is 5.32 Å². The molecule has 0 unspecified atom stereocenters. The second-order valence-electron chi connectivity index (χ2n) is 3.67. The maximum absolute atomic E-state index is 12.9. The molecule has 1 N–H and O–H groups in total. The van der Waals surface area contributed by atoms with Crippen molar-refractivity contribution in [1.82, 2.24) is 5.32 Å². The van der Waals surface area contributed by atoms with Gasteiger partial charge in [-0.05, 0) is 37.1 Å². The van der Waals surface area contributed by atoms with Crippen molar-refractivity contribution >= 4 is 23.2 Å². The lowest BCUT2D eigenvalue weighted by Gasteiger charge is -2.05. The summed E-state index contributed by atoms with van der Waals surface area (Å²) in [7, 11) is 0. The second-order valence-corrected chi connectivity index (χ2v) is 4.46. The summed E-state index contributed by atoms with van der Waals surface area (Å²) in [5.41, 5.74) is 1.00. The maximum atomic E-state index is 12.9. The van der Waals surface area contributed by atoms with Crippen molar-refractivity contribution in [3.8, 4) is 0 Å². The Labute approximate surface area is 106 Å². The van der Waals surface area contributed by atoms with Gasteiger partial charge in [0.25, 0.3) is 0 Å². The Bertz CT molecular complexity index is 318. The Morgan fingerprint density at radius 2 is 2.00 bits per heavy atom.